The lowest BCUT2D eigenvalue weighted by Gasteiger charge is -2.44. The Morgan fingerprint density at radius 1 is 1.05 bits per heavy atom. The van der Waals surface area contributed by atoms with Gasteiger partial charge < -0.3 is 29.7 Å². The molecule has 0 aromatic carbocycles. The summed E-state index contributed by atoms with van der Waals surface area (Å²) in [7, 11) is 0. The van der Waals surface area contributed by atoms with Crippen molar-refractivity contribution < 1.29 is 24.2 Å². The number of hydrogen-bond donors (Lipinski definition) is 6. The number of ether oxygens (including phenoxy) is 2. The summed E-state index contributed by atoms with van der Waals surface area (Å²) < 4.78 is 12.0. The average molecular weight is 592 g/mol. The van der Waals surface area contributed by atoms with E-state index < -0.39 is 6.10 Å². The SMILES string of the molecule is CC(=O)N1CC2CC1CC2NC1CC(C(=O)NC[C@H](O)CN2CCC3CC(OCC4OCNC4C)CCC3C2)NCN1. The van der Waals surface area contributed by atoms with Crippen molar-refractivity contribution in [3.63, 3.8) is 0 Å². The van der Waals surface area contributed by atoms with Gasteiger partial charge in [0.05, 0.1) is 43.9 Å². The van der Waals surface area contributed by atoms with E-state index in [2.05, 4.69) is 38.4 Å². The molecule has 0 aromatic heterocycles. The molecular weight excluding hydrogens is 538 g/mol. The number of rotatable bonds is 10. The molecule has 0 radical (unpaired) electrons. The van der Waals surface area contributed by atoms with Crippen LogP contribution < -0.4 is 26.6 Å². The molecule has 11 atom stereocenters. The van der Waals surface area contributed by atoms with Crippen LogP contribution in [0.1, 0.15) is 58.8 Å². The summed E-state index contributed by atoms with van der Waals surface area (Å²) >= 11 is 0. The molecule has 6 N–H and O–H groups in total. The Labute approximate surface area is 250 Å². The first-order valence-electron chi connectivity index (χ1n) is 16.5. The molecule has 2 aliphatic carbocycles. The minimum Gasteiger partial charge on any atom is -0.390 e. The number of aliphatic hydroxyl groups is 1. The smallest absolute Gasteiger partial charge is 0.237 e. The van der Waals surface area contributed by atoms with E-state index in [0.29, 0.717) is 75.0 Å². The van der Waals surface area contributed by atoms with Crippen LogP contribution in [0.2, 0.25) is 0 Å². The normalized spacial score (nSPS) is 41.1. The second-order valence-electron chi connectivity index (χ2n) is 13.8. The number of fused-ring (bicyclic) bond motifs is 3. The zero-order valence-corrected chi connectivity index (χ0v) is 25.4. The number of hydrogen-bond acceptors (Lipinski definition) is 10. The zero-order chi connectivity index (χ0) is 29.2. The van der Waals surface area contributed by atoms with Gasteiger partial charge in [0, 0.05) is 64.3 Å². The Bertz CT molecular complexity index is 944. The van der Waals surface area contributed by atoms with Crippen molar-refractivity contribution in [2.75, 3.05) is 52.7 Å². The van der Waals surface area contributed by atoms with Gasteiger partial charge in [0.15, 0.2) is 0 Å². The van der Waals surface area contributed by atoms with Gasteiger partial charge in [0.25, 0.3) is 0 Å². The lowest BCUT2D eigenvalue weighted by Crippen LogP contribution is -2.63. The number of β-amino-alcohol motifs (C(OH)–C–C–N with tert-alkyl or cyclic N) is 1. The van der Waals surface area contributed by atoms with Crippen LogP contribution in [-0.4, -0.2) is 128 Å². The number of carbonyl (C=O) groups excluding carboxylic acids is 2. The number of aliphatic hydroxyl groups excluding tert-OH is 1. The number of nitrogens with one attached hydrogen (secondary N) is 5. The van der Waals surface area contributed by atoms with Crippen LogP contribution in [0.4, 0.5) is 0 Å². The molecule has 238 valence electrons. The average Bonchev–Trinajstić information content (AvgIpc) is 3.71. The lowest BCUT2D eigenvalue weighted by atomic mass is 9.74. The summed E-state index contributed by atoms with van der Waals surface area (Å²) in [5, 5.41) is 27.5. The minimum absolute atomic E-state index is 0.0525. The van der Waals surface area contributed by atoms with Crippen LogP contribution >= 0.6 is 0 Å². The second-order valence-corrected chi connectivity index (χ2v) is 13.8. The molecule has 12 nitrogen and oxygen atoms in total. The van der Waals surface area contributed by atoms with Crippen LogP contribution in [-0.2, 0) is 19.1 Å². The molecule has 4 saturated heterocycles. The van der Waals surface area contributed by atoms with Crippen molar-refractivity contribution in [1.29, 1.82) is 0 Å². The summed E-state index contributed by atoms with van der Waals surface area (Å²) in [6.07, 6.45) is 7.21. The largest absolute Gasteiger partial charge is 0.390 e. The van der Waals surface area contributed by atoms with Crippen molar-refractivity contribution in [3.8, 4) is 0 Å². The highest BCUT2D eigenvalue weighted by molar-refractivity contribution is 5.81. The molecule has 4 heterocycles. The third kappa shape index (κ3) is 7.28. The van der Waals surface area contributed by atoms with Gasteiger partial charge in [-0.15, -0.1) is 0 Å². The predicted molar refractivity (Wildman–Crippen MR) is 157 cm³/mol. The van der Waals surface area contributed by atoms with E-state index in [1.165, 1.54) is 6.42 Å². The van der Waals surface area contributed by atoms with E-state index in [9.17, 15) is 14.7 Å². The van der Waals surface area contributed by atoms with Crippen molar-refractivity contribution in [1.82, 2.24) is 36.4 Å². The molecule has 42 heavy (non-hydrogen) atoms. The number of carbonyl (C=O) groups is 2. The third-order valence-electron chi connectivity index (χ3n) is 11.0. The molecule has 10 unspecified atom stereocenters. The Kier molecular flexibility index (Phi) is 10.0. The highest BCUT2D eigenvalue weighted by atomic mass is 16.5. The Morgan fingerprint density at radius 3 is 2.69 bits per heavy atom. The summed E-state index contributed by atoms with van der Waals surface area (Å²) in [6.45, 7) is 9.38. The van der Waals surface area contributed by atoms with Gasteiger partial charge in [-0.25, -0.2) is 0 Å². The number of likely N-dealkylation sites (tertiary alicyclic amines) is 2. The van der Waals surface area contributed by atoms with Crippen LogP contribution in [0.25, 0.3) is 0 Å². The molecule has 6 rings (SSSR count). The van der Waals surface area contributed by atoms with Gasteiger partial charge in [-0.05, 0) is 69.7 Å². The van der Waals surface area contributed by atoms with E-state index in [1.807, 2.05) is 4.90 Å². The molecule has 2 amide bonds. The number of piperidine rings is 2. The highest BCUT2D eigenvalue weighted by Gasteiger charge is 2.46. The van der Waals surface area contributed by atoms with Crippen LogP contribution in [0.3, 0.4) is 0 Å². The molecule has 6 aliphatic rings. The van der Waals surface area contributed by atoms with Crippen LogP contribution in [0.5, 0.6) is 0 Å². The van der Waals surface area contributed by atoms with Gasteiger partial charge in [-0.1, -0.05) is 0 Å². The molecule has 12 heteroatoms. The Balaban J connectivity index is 0.866. The van der Waals surface area contributed by atoms with E-state index in [4.69, 9.17) is 9.47 Å². The summed E-state index contributed by atoms with van der Waals surface area (Å²) in [5.74, 6) is 1.97. The Morgan fingerprint density at radius 2 is 1.93 bits per heavy atom. The molecular formula is C30H53N7O5. The topological polar surface area (TPSA) is 139 Å². The fourth-order valence-electron chi connectivity index (χ4n) is 8.49. The first-order valence-corrected chi connectivity index (χ1v) is 16.5. The molecule has 4 aliphatic heterocycles. The summed E-state index contributed by atoms with van der Waals surface area (Å²) in [4.78, 5) is 29.2. The maximum absolute atomic E-state index is 13.0. The van der Waals surface area contributed by atoms with E-state index >= 15 is 0 Å². The van der Waals surface area contributed by atoms with Gasteiger partial charge in [0.1, 0.15) is 0 Å². The highest BCUT2D eigenvalue weighted by Crippen LogP contribution is 2.39. The van der Waals surface area contributed by atoms with E-state index in [-0.39, 0.29) is 36.7 Å². The van der Waals surface area contributed by atoms with Crippen molar-refractivity contribution >= 4 is 11.8 Å². The Hall–Kier alpha value is -1.38. The molecule has 2 saturated carbocycles. The van der Waals surface area contributed by atoms with Crippen LogP contribution in [0.15, 0.2) is 0 Å². The number of amides is 2. The maximum atomic E-state index is 13.0. The fourth-order valence-corrected chi connectivity index (χ4v) is 8.49. The monoisotopic (exact) mass is 591 g/mol. The van der Waals surface area contributed by atoms with Gasteiger partial charge >= 0.3 is 0 Å². The maximum Gasteiger partial charge on any atom is 0.237 e. The summed E-state index contributed by atoms with van der Waals surface area (Å²) in [5.41, 5.74) is 0. The van der Waals surface area contributed by atoms with Crippen molar-refractivity contribution in [3.05, 3.63) is 0 Å². The van der Waals surface area contributed by atoms with Gasteiger partial charge in [-0.3, -0.25) is 30.9 Å². The molecule has 2 bridgehead atoms. The fraction of sp³-hybridized carbons (Fsp3) is 0.933. The van der Waals surface area contributed by atoms with E-state index in [0.717, 1.165) is 51.7 Å². The van der Waals surface area contributed by atoms with E-state index in [1.54, 1.807) is 6.92 Å². The lowest BCUT2D eigenvalue weighted by molar-refractivity contribution is -0.130. The first-order chi connectivity index (χ1) is 20.3. The standard InChI is InChI=1S/C30H53N7O5/c1-18-28(42-17-34-18)15-41-25-4-3-21-12-36(6-5-20(21)8-25)14-24(39)11-31-30(40)27-10-29(33-16-32-27)35-26-9-23-7-22(26)13-37(23)19(2)38/h18,20-29,32-35,39H,3-17H2,1-2H3,(H,31,40)/t18?,20?,21?,22?,23?,24-,25?,26?,27?,28?,29?/m0/s1. The minimum atomic E-state index is -0.582. The molecule has 0 aromatic rings. The molecule has 0 spiro atoms. The first kappa shape index (κ1) is 30.6. The zero-order valence-electron chi connectivity index (χ0n) is 25.4. The van der Waals surface area contributed by atoms with Gasteiger partial charge in [0.2, 0.25) is 11.8 Å². The molecule has 6 fully saturated rings. The van der Waals surface area contributed by atoms with Crippen molar-refractivity contribution in [2.45, 2.75) is 107 Å². The van der Waals surface area contributed by atoms with Gasteiger partial charge in [-0.2, -0.15) is 0 Å². The number of nitrogens with zero attached hydrogens (tertiary/aromatic N) is 2. The predicted octanol–water partition coefficient (Wildman–Crippen LogP) is -0.861. The summed E-state index contributed by atoms with van der Waals surface area (Å²) in [6, 6.07) is 0.790. The van der Waals surface area contributed by atoms with Crippen LogP contribution in [0, 0.1) is 17.8 Å². The third-order valence-corrected chi connectivity index (χ3v) is 11.0. The second kappa shape index (κ2) is 13.7. The quantitative estimate of drug-likeness (QED) is 0.190. The van der Waals surface area contributed by atoms with Crippen molar-refractivity contribution in [2.24, 2.45) is 17.8 Å².